The quantitative estimate of drug-likeness (QED) is 0.635. The summed E-state index contributed by atoms with van der Waals surface area (Å²) in [4.78, 5) is 7.00. The SMILES string of the molecule is C[C@@H]1CN(c2ccc(-c3cc(OCC(C)(C)O)cn4ncc(C#N)c34)cn2)C[C@H](C)[C@H]1N. The Morgan fingerprint density at radius 3 is 2.56 bits per heavy atom. The van der Waals surface area contributed by atoms with Gasteiger partial charge in [-0.05, 0) is 43.9 Å². The number of ether oxygens (including phenoxy) is 1. The molecule has 0 aliphatic carbocycles. The van der Waals surface area contributed by atoms with Crippen molar-refractivity contribution in [3.05, 3.63) is 42.4 Å². The summed E-state index contributed by atoms with van der Waals surface area (Å²) in [7, 11) is 0. The van der Waals surface area contributed by atoms with Crippen molar-refractivity contribution in [3.8, 4) is 22.9 Å². The normalized spacial score (nSPS) is 21.5. The molecule has 1 aliphatic rings. The summed E-state index contributed by atoms with van der Waals surface area (Å²) in [6.07, 6.45) is 5.08. The predicted molar refractivity (Wildman–Crippen MR) is 123 cm³/mol. The Morgan fingerprint density at radius 1 is 1.25 bits per heavy atom. The Bertz CT molecular complexity index is 1130. The summed E-state index contributed by atoms with van der Waals surface area (Å²) >= 11 is 0. The molecule has 0 radical (unpaired) electrons. The molecular formula is C24H30N6O2. The van der Waals surface area contributed by atoms with Crippen molar-refractivity contribution in [3.63, 3.8) is 0 Å². The van der Waals surface area contributed by atoms with Gasteiger partial charge in [0.15, 0.2) is 0 Å². The van der Waals surface area contributed by atoms with E-state index in [1.807, 2.05) is 24.4 Å². The maximum Gasteiger partial charge on any atom is 0.138 e. The van der Waals surface area contributed by atoms with Crippen LogP contribution in [0, 0.1) is 23.2 Å². The lowest BCUT2D eigenvalue weighted by Gasteiger charge is -2.40. The van der Waals surface area contributed by atoms with Gasteiger partial charge in [-0.25, -0.2) is 9.50 Å². The minimum Gasteiger partial charge on any atom is -0.489 e. The van der Waals surface area contributed by atoms with E-state index in [1.54, 1.807) is 30.8 Å². The molecule has 3 aromatic rings. The highest BCUT2D eigenvalue weighted by Crippen LogP contribution is 2.32. The van der Waals surface area contributed by atoms with Crippen LogP contribution in [0.1, 0.15) is 33.3 Å². The molecule has 0 amide bonds. The standard InChI is InChI=1S/C24H30N6O2/c1-15-11-29(12-16(2)22(15)26)21-6-5-17(9-27-21)20-7-19(32-14-24(3,4)31)13-30-23(20)18(8-25)10-28-30/h5-7,9-10,13,15-16,22,31H,11-12,14,26H2,1-4H3/t15-,16+,22+. The molecule has 8 nitrogen and oxygen atoms in total. The molecule has 4 rings (SSSR count). The first-order valence-corrected chi connectivity index (χ1v) is 10.9. The summed E-state index contributed by atoms with van der Waals surface area (Å²) < 4.78 is 7.44. The van der Waals surface area contributed by atoms with Crippen molar-refractivity contribution in [2.45, 2.75) is 39.3 Å². The van der Waals surface area contributed by atoms with Crippen LogP contribution < -0.4 is 15.4 Å². The minimum atomic E-state index is -0.967. The monoisotopic (exact) mass is 434 g/mol. The van der Waals surface area contributed by atoms with E-state index in [1.165, 1.54) is 0 Å². The Hall–Kier alpha value is -3.15. The average Bonchev–Trinajstić information content (AvgIpc) is 3.18. The van der Waals surface area contributed by atoms with Gasteiger partial charge in [-0.15, -0.1) is 0 Å². The highest BCUT2D eigenvalue weighted by molar-refractivity contribution is 5.85. The number of nitrogens with two attached hydrogens (primary N) is 1. The summed E-state index contributed by atoms with van der Waals surface area (Å²) in [6, 6.07) is 8.30. The highest BCUT2D eigenvalue weighted by atomic mass is 16.5. The maximum absolute atomic E-state index is 10.0. The van der Waals surface area contributed by atoms with E-state index in [9.17, 15) is 10.4 Å². The van der Waals surface area contributed by atoms with Crippen LogP contribution in [-0.4, -0.2) is 51.0 Å². The van der Waals surface area contributed by atoms with Gasteiger partial charge in [-0.1, -0.05) is 13.8 Å². The van der Waals surface area contributed by atoms with Crippen LogP contribution >= 0.6 is 0 Å². The molecule has 0 bridgehead atoms. The van der Waals surface area contributed by atoms with Crippen molar-refractivity contribution in [2.75, 3.05) is 24.6 Å². The van der Waals surface area contributed by atoms with E-state index < -0.39 is 5.60 Å². The Labute approximate surface area is 188 Å². The zero-order chi connectivity index (χ0) is 23.0. The second kappa shape index (κ2) is 8.41. The molecule has 168 valence electrons. The van der Waals surface area contributed by atoms with Crippen molar-refractivity contribution < 1.29 is 9.84 Å². The van der Waals surface area contributed by atoms with Crippen LogP contribution in [0.2, 0.25) is 0 Å². The van der Waals surface area contributed by atoms with Crippen LogP contribution in [0.25, 0.3) is 16.6 Å². The van der Waals surface area contributed by atoms with E-state index in [2.05, 4.69) is 29.9 Å². The third kappa shape index (κ3) is 4.40. The van der Waals surface area contributed by atoms with Gasteiger partial charge in [-0.3, -0.25) is 0 Å². The molecule has 1 fully saturated rings. The minimum absolute atomic E-state index is 0.134. The molecule has 4 heterocycles. The van der Waals surface area contributed by atoms with E-state index in [-0.39, 0.29) is 12.6 Å². The van der Waals surface area contributed by atoms with Gasteiger partial charge in [0.2, 0.25) is 0 Å². The van der Waals surface area contributed by atoms with Crippen LogP contribution in [0.4, 0.5) is 5.82 Å². The number of aromatic nitrogens is 3. The van der Waals surface area contributed by atoms with Gasteiger partial charge in [0.05, 0.1) is 29.1 Å². The predicted octanol–water partition coefficient (Wildman–Crippen LogP) is 2.84. The van der Waals surface area contributed by atoms with E-state index in [0.717, 1.165) is 30.0 Å². The molecule has 3 N–H and O–H groups in total. The molecule has 0 saturated carbocycles. The second-order valence-corrected chi connectivity index (χ2v) is 9.50. The van der Waals surface area contributed by atoms with Gasteiger partial charge < -0.3 is 20.5 Å². The third-order valence-electron chi connectivity index (χ3n) is 6.01. The lowest BCUT2D eigenvalue weighted by molar-refractivity contribution is 0.0283. The maximum atomic E-state index is 10.0. The van der Waals surface area contributed by atoms with Crippen molar-refractivity contribution in [1.29, 1.82) is 5.26 Å². The van der Waals surface area contributed by atoms with Gasteiger partial charge in [0.25, 0.3) is 0 Å². The Kier molecular flexibility index (Phi) is 5.80. The molecule has 3 aromatic heterocycles. The molecule has 0 unspecified atom stereocenters. The van der Waals surface area contributed by atoms with Crippen molar-refractivity contribution >= 4 is 11.3 Å². The first-order valence-electron chi connectivity index (χ1n) is 10.9. The molecule has 0 aromatic carbocycles. The van der Waals surface area contributed by atoms with Gasteiger partial charge in [0.1, 0.15) is 24.2 Å². The van der Waals surface area contributed by atoms with E-state index in [0.29, 0.717) is 28.7 Å². The number of pyridine rings is 2. The molecule has 32 heavy (non-hydrogen) atoms. The molecule has 1 aliphatic heterocycles. The largest absolute Gasteiger partial charge is 0.489 e. The molecular weight excluding hydrogens is 404 g/mol. The number of fused-ring (bicyclic) bond motifs is 1. The number of hydrogen-bond acceptors (Lipinski definition) is 7. The number of aliphatic hydroxyl groups is 1. The van der Waals surface area contributed by atoms with Gasteiger partial charge in [-0.2, -0.15) is 10.4 Å². The topological polar surface area (TPSA) is 113 Å². The first kappa shape index (κ1) is 22.1. The molecule has 8 heteroatoms. The fraction of sp³-hybridized carbons (Fsp3) is 0.458. The lowest BCUT2D eigenvalue weighted by atomic mass is 9.86. The summed E-state index contributed by atoms with van der Waals surface area (Å²) in [5.74, 6) is 2.27. The van der Waals surface area contributed by atoms with Gasteiger partial charge >= 0.3 is 0 Å². The average molecular weight is 435 g/mol. The number of nitrogens with zero attached hydrogens (tertiary/aromatic N) is 5. The Morgan fingerprint density at radius 2 is 1.97 bits per heavy atom. The number of anilines is 1. The smallest absolute Gasteiger partial charge is 0.138 e. The fourth-order valence-electron chi connectivity index (χ4n) is 4.23. The summed E-state index contributed by atoms with van der Waals surface area (Å²) in [5, 5.41) is 23.9. The van der Waals surface area contributed by atoms with Crippen LogP contribution in [0.3, 0.4) is 0 Å². The lowest BCUT2D eigenvalue weighted by Crippen LogP contribution is -2.51. The summed E-state index contributed by atoms with van der Waals surface area (Å²) in [6.45, 7) is 9.63. The number of nitriles is 1. The van der Waals surface area contributed by atoms with E-state index in [4.69, 9.17) is 15.5 Å². The number of rotatable bonds is 5. The van der Waals surface area contributed by atoms with Crippen molar-refractivity contribution in [2.24, 2.45) is 17.6 Å². The van der Waals surface area contributed by atoms with Crippen molar-refractivity contribution in [1.82, 2.24) is 14.6 Å². The fourth-order valence-corrected chi connectivity index (χ4v) is 4.23. The third-order valence-corrected chi connectivity index (χ3v) is 6.01. The Balaban J connectivity index is 1.69. The zero-order valence-electron chi connectivity index (χ0n) is 19.0. The molecule has 1 saturated heterocycles. The van der Waals surface area contributed by atoms with Crippen LogP contribution in [0.15, 0.2) is 36.8 Å². The molecule has 0 spiro atoms. The first-order chi connectivity index (χ1) is 15.2. The molecule has 3 atom stereocenters. The van der Waals surface area contributed by atoms with Gasteiger partial charge in [0, 0.05) is 36.5 Å². The zero-order valence-corrected chi connectivity index (χ0v) is 19.0. The van der Waals surface area contributed by atoms with E-state index >= 15 is 0 Å². The number of piperidine rings is 1. The highest BCUT2D eigenvalue weighted by Gasteiger charge is 2.29. The second-order valence-electron chi connectivity index (χ2n) is 9.50. The van der Waals surface area contributed by atoms with Crippen LogP contribution in [-0.2, 0) is 0 Å². The van der Waals surface area contributed by atoms with Crippen LogP contribution in [0.5, 0.6) is 5.75 Å². The summed E-state index contributed by atoms with van der Waals surface area (Å²) in [5.41, 5.74) is 8.16. The number of hydrogen-bond donors (Lipinski definition) is 2.